The molecule has 6 nitrogen and oxygen atoms in total. The van der Waals surface area contributed by atoms with Crippen LogP contribution in [0.4, 0.5) is 10.5 Å². The highest BCUT2D eigenvalue weighted by atomic mass is 16.5. The summed E-state index contributed by atoms with van der Waals surface area (Å²) >= 11 is 0. The summed E-state index contributed by atoms with van der Waals surface area (Å²) in [5, 5.41) is 2.88. The second-order valence-corrected chi connectivity index (χ2v) is 4.66. The molecule has 1 aromatic carbocycles. The smallest absolute Gasteiger partial charge is 0.321 e. The van der Waals surface area contributed by atoms with Crippen molar-refractivity contribution in [1.29, 1.82) is 0 Å². The molecular formula is C15H25N3O3. The summed E-state index contributed by atoms with van der Waals surface area (Å²) in [5.74, 6) is 0. The van der Waals surface area contributed by atoms with E-state index in [-0.39, 0.29) is 6.03 Å². The van der Waals surface area contributed by atoms with Crippen molar-refractivity contribution in [2.75, 3.05) is 45.8 Å². The molecule has 21 heavy (non-hydrogen) atoms. The summed E-state index contributed by atoms with van der Waals surface area (Å²) in [6.07, 6.45) is 0.791. The first kappa shape index (κ1) is 17.4. The maximum absolute atomic E-state index is 12.3. The van der Waals surface area contributed by atoms with Crippen molar-refractivity contribution in [3.05, 3.63) is 29.8 Å². The zero-order chi connectivity index (χ0) is 15.5. The van der Waals surface area contributed by atoms with E-state index in [1.54, 1.807) is 19.1 Å². The summed E-state index contributed by atoms with van der Waals surface area (Å²) in [4.78, 5) is 14.0. The van der Waals surface area contributed by atoms with Crippen LogP contribution in [-0.2, 0) is 16.0 Å². The Morgan fingerprint density at radius 1 is 1.14 bits per heavy atom. The Morgan fingerprint density at radius 3 is 2.38 bits per heavy atom. The fourth-order valence-corrected chi connectivity index (χ4v) is 1.84. The standard InChI is InChI=1S/C15H25N3O3/c1-20-10-3-8-18(9-11-21-2)15(19)17-14-6-4-13(12-16)5-7-14/h4-7H,3,8-12,16H2,1-2H3,(H,17,19). The third-order valence-corrected chi connectivity index (χ3v) is 3.07. The normalized spacial score (nSPS) is 10.4. The van der Waals surface area contributed by atoms with Gasteiger partial charge in [0.15, 0.2) is 0 Å². The number of methoxy groups -OCH3 is 2. The lowest BCUT2D eigenvalue weighted by atomic mass is 10.2. The largest absolute Gasteiger partial charge is 0.385 e. The van der Waals surface area contributed by atoms with E-state index in [0.717, 1.165) is 17.7 Å². The maximum atomic E-state index is 12.3. The van der Waals surface area contributed by atoms with E-state index < -0.39 is 0 Å². The van der Waals surface area contributed by atoms with Gasteiger partial charge in [0.1, 0.15) is 0 Å². The molecule has 0 aromatic heterocycles. The predicted octanol–water partition coefficient (Wildman–Crippen LogP) is 1.66. The molecule has 0 saturated carbocycles. The Kier molecular flexibility index (Phi) is 8.42. The molecule has 6 heteroatoms. The third-order valence-electron chi connectivity index (χ3n) is 3.07. The molecule has 0 bridgehead atoms. The second kappa shape index (κ2) is 10.1. The SMILES string of the molecule is COCCCN(CCOC)C(=O)Nc1ccc(CN)cc1. The molecule has 1 rings (SSSR count). The molecule has 0 fully saturated rings. The van der Waals surface area contributed by atoms with E-state index >= 15 is 0 Å². The van der Waals surface area contributed by atoms with Crippen LogP contribution in [0.5, 0.6) is 0 Å². The van der Waals surface area contributed by atoms with Gasteiger partial charge in [0.25, 0.3) is 0 Å². The Bertz CT molecular complexity index is 409. The van der Waals surface area contributed by atoms with Crippen molar-refractivity contribution < 1.29 is 14.3 Å². The van der Waals surface area contributed by atoms with Gasteiger partial charge < -0.3 is 25.4 Å². The van der Waals surface area contributed by atoms with E-state index in [2.05, 4.69) is 5.32 Å². The number of hydrogen-bond donors (Lipinski definition) is 2. The van der Waals surface area contributed by atoms with Gasteiger partial charge in [-0.1, -0.05) is 12.1 Å². The number of nitrogens with one attached hydrogen (secondary N) is 1. The predicted molar refractivity (Wildman–Crippen MR) is 83.3 cm³/mol. The van der Waals surface area contributed by atoms with E-state index in [4.69, 9.17) is 15.2 Å². The van der Waals surface area contributed by atoms with Crippen molar-refractivity contribution in [3.63, 3.8) is 0 Å². The van der Waals surface area contributed by atoms with Crippen LogP contribution in [0.2, 0.25) is 0 Å². The molecule has 1 aromatic rings. The second-order valence-electron chi connectivity index (χ2n) is 4.66. The minimum absolute atomic E-state index is 0.136. The highest BCUT2D eigenvalue weighted by Gasteiger charge is 2.13. The number of ether oxygens (including phenoxy) is 2. The number of carbonyl (C=O) groups is 1. The minimum Gasteiger partial charge on any atom is -0.385 e. The fraction of sp³-hybridized carbons (Fsp3) is 0.533. The zero-order valence-electron chi connectivity index (χ0n) is 12.8. The summed E-state index contributed by atoms with van der Waals surface area (Å²) in [6.45, 7) is 2.80. The van der Waals surface area contributed by atoms with Crippen LogP contribution >= 0.6 is 0 Å². The van der Waals surface area contributed by atoms with Gasteiger partial charge in [-0.15, -0.1) is 0 Å². The molecule has 0 spiro atoms. The molecule has 0 aliphatic carbocycles. The fourth-order valence-electron chi connectivity index (χ4n) is 1.84. The topological polar surface area (TPSA) is 76.8 Å². The number of urea groups is 1. The first-order chi connectivity index (χ1) is 10.2. The number of rotatable bonds is 9. The van der Waals surface area contributed by atoms with Crippen LogP contribution in [0.3, 0.4) is 0 Å². The van der Waals surface area contributed by atoms with Crippen LogP contribution in [0.25, 0.3) is 0 Å². The molecule has 3 N–H and O–H groups in total. The van der Waals surface area contributed by atoms with Gasteiger partial charge in [-0.05, 0) is 24.1 Å². The minimum atomic E-state index is -0.136. The number of nitrogens with two attached hydrogens (primary N) is 1. The Balaban J connectivity index is 2.56. The van der Waals surface area contributed by atoms with E-state index in [0.29, 0.717) is 32.8 Å². The van der Waals surface area contributed by atoms with Gasteiger partial charge in [0, 0.05) is 46.1 Å². The lowest BCUT2D eigenvalue weighted by molar-refractivity contribution is 0.143. The van der Waals surface area contributed by atoms with Crippen LogP contribution in [-0.4, -0.2) is 51.5 Å². The number of benzene rings is 1. The van der Waals surface area contributed by atoms with Crippen LogP contribution in [0.1, 0.15) is 12.0 Å². The zero-order valence-corrected chi connectivity index (χ0v) is 12.8. The van der Waals surface area contributed by atoms with E-state index in [9.17, 15) is 4.79 Å². The van der Waals surface area contributed by atoms with Crippen molar-refractivity contribution in [2.24, 2.45) is 5.73 Å². The molecule has 0 aliphatic rings. The lowest BCUT2D eigenvalue weighted by Crippen LogP contribution is -2.38. The average Bonchev–Trinajstić information content (AvgIpc) is 2.51. The maximum Gasteiger partial charge on any atom is 0.321 e. The summed E-state index contributed by atoms with van der Waals surface area (Å²) in [6, 6.07) is 7.37. The van der Waals surface area contributed by atoms with Crippen molar-refractivity contribution in [3.8, 4) is 0 Å². The number of carbonyl (C=O) groups excluding carboxylic acids is 1. The van der Waals surface area contributed by atoms with Crippen LogP contribution < -0.4 is 11.1 Å². The van der Waals surface area contributed by atoms with Gasteiger partial charge in [-0.25, -0.2) is 4.79 Å². The highest BCUT2D eigenvalue weighted by molar-refractivity contribution is 5.89. The van der Waals surface area contributed by atoms with E-state index in [1.165, 1.54) is 0 Å². The van der Waals surface area contributed by atoms with Gasteiger partial charge >= 0.3 is 6.03 Å². The van der Waals surface area contributed by atoms with E-state index in [1.807, 2.05) is 24.3 Å². The monoisotopic (exact) mass is 295 g/mol. The molecule has 0 unspecified atom stereocenters. The summed E-state index contributed by atoms with van der Waals surface area (Å²) in [5.41, 5.74) is 7.34. The van der Waals surface area contributed by atoms with Gasteiger partial charge in [0.2, 0.25) is 0 Å². The summed E-state index contributed by atoms with van der Waals surface area (Å²) < 4.78 is 10.1. The molecule has 0 radical (unpaired) electrons. The third kappa shape index (κ3) is 6.57. The first-order valence-corrected chi connectivity index (χ1v) is 7.04. The number of nitrogens with zero attached hydrogens (tertiary/aromatic N) is 1. The van der Waals surface area contributed by atoms with Gasteiger partial charge in [-0.2, -0.15) is 0 Å². The number of hydrogen-bond acceptors (Lipinski definition) is 4. The Morgan fingerprint density at radius 2 is 1.81 bits per heavy atom. The molecule has 0 saturated heterocycles. The molecular weight excluding hydrogens is 270 g/mol. The van der Waals surface area contributed by atoms with Gasteiger partial charge in [0.05, 0.1) is 6.61 Å². The van der Waals surface area contributed by atoms with Crippen molar-refractivity contribution in [2.45, 2.75) is 13.0 Å². The Hall–Kier alpha value is -1.63. The average molecular weight is 295 g/mol. The quantitative estimate of drug-likeness (QED) is 0.679. The molecule has 118 valence electrons. The first-order valence-electron chi connectivity index (χ1n) is 7.04. The van der Waals surface area contributed by atoms with Gasteiger partial charge in [-0.3, -0.25) is 0 Å². The van der Waals surface area contributed by atoms with Crippen LogP contribution in [0, 0.1) is 0 Å². The van der Waals surface area contributed by atoms with Crippen molar-refractivity contribution in [1.82, 2.24) is 4.90 Å². The number of amides is 2. The molecule has 0 heterocycles. The summed E-state index contributed by atoms with van der Waals surface area (Å²) in [7, 11) is 3.27. The molecule has 2 amide bonds. The van der Waals surface area contributed by atoms with Crippen molar-refractivity contribution >= 4 is 11.7 Å². The lowest BCUT2D eigenvalue weighted by Gasteiger charge is -2.22. The Labute approximate surface area is 126 Å². The molecule has 0 atom stereocenters. The highest BCUT2D eigenvalue weighted by Crippen LogP contribution is 2.10. The van der Waals surface area contributed by atoms with Crippen LogP contribution in [0.15, 0.2) is 24.3 Å². The molecule has 0 aliphatic heterocycles. The number of anilines is 1.